The third kappa shape index (κ3) is 2.63. The normalized spacial score (nSPS) is 20.2. The van der Waals surface area contributed by atoms with Crippen molar-refractivity contribution < 1.29 is 4.74 Å². The number of hydrogen-bond donors (Lipinski definition) is 1. The van der Waals surface area contributed by atoms with Gasteiger partial charge in [-0.1, -0.05) is 11.6 Å². The van der Waals surface area contributed by atoms with Crippen LogP contribution in [-0.2, 0) is 4.74 Å². The zero-order chi connectivity index (χ0) is 14.1. The van der Waals surface area contributed by atoms with Gasteiger partial charge in [0.1, 0.15) is 0 Å². The Morgan fingerprint density at radius 1 is 1.50 bits per heavy atom. The van der Waals surface area contributed by atoms with Gasteiger partial charge in [-0.2, -0.15) is 0 Å². The lowest BCUT2D eigenvalue weighted by Gasteiger charge is -2.19. The molecule has 0 spiro atoms. The summed E-state index contributed by atoms with van der Waals surface area (Å²) in [5.41, 5.74) is 8.31. The lowest BCUT2D eigenvalue weighted by atomic mass is 9.97. The Kier molecular flexibility index (Phi) is 4.12. The molecule has 0 radical (unpaired) electrons. The lowest BCUT2D eigenvalue weighted by Crippen LogP contribution is -2.24. The van der Waals surface area contributed by atoms with E-state index in [2.05, 4.69) is 20.9 Å². The second-order valence-electron chi connectivity index (χ2n) is 4.94. The fraction of sp³-hybridized carbons (Fsp3) is 0.357. The van der Waals surface area contributed by atoms with Crippen molar-refractivity contribution in [1.82, 2.24) is 9.55 Å². The molecule has 2 atom stereocenters. The van der Waals surface area contributed by atoms with Gasteiger partial charge in [-0.3, -0.25) is 0 Å². The fourth-order valence-electron chi connectivity index (χ4n) is 2.48. The smallest absolute Gasteiger partial charge is 0.0994 e. The molecule has 0 saturated carbocycles. The SMILES string of the molecule is NC(c1cncn1-c1ccc(Br)c(Cl)c1)C1CCOC1. The molecule has 1 saturated heterocycles. The minimum atomic E-state index is -0.0811. The van der Waals surface area contributed by atoms with Crippen LogP contribution in [0.1, 0.15) is 18.2 Å². The van der Waals surface area contributed by atoms with E-state index in [-0.39, 0.29) is 6.04 Å². The van der Waals surface area contributed by atoms with E-state index in [1.807, 2.05) is 29.0 Å². The van der Waals surface area contributed by atoms with Crippen LogP contribution >= 0.6 is 27.5 Å². The largest absolute Gasteiger partial charge is 0.381 e. The summed E-state index contributed by atoms with van der Waals surface area (Å²) in [7, 11) is 0. The number of aromatic nitrogens is 2. The Hall–Kier alpha value is -0.880. The molecular formula is C14H15BrClN3O. The van der Waals surface area contributed by atoms with E-state index in [4.69, 9.17) is 22.1 Å². The van der Waals surface area contributed by atoms with E-state index < -0.39 is 0 Å². The number of hydrogen-bond acceptors (Lipinski definition) is 3. The molecule has 1 fully saturated rings. The summed E-state index contributed by atoms with van der Waals surface area (Å²) in [6.45, 7) is 1.50. The van der Waals surface area contributed by atoms with Crippen LogP contribution < -0.4 is 5.73 Å². The second kappa shape index (κ2) is 5.85. The van der Waals surface area contributed by atoms with E-state index in [1.54, 1.807) is 6.33 Å². The Bertz CT molecular complexity index is 610. The van der Waals surface area contributed by atoms with E-state index in [9.17, 15) is 0 Å². The molecule has 2 aromatic rings. The van der Waals surface area contributed by atoms with Gasteiger partial charge in [-0.25, -0.2) is 4.98 Å². The van der Waals surface area contributed by atoms with Crippen LogP contribution in [0.4, 0.5) is 0 Å². The van der Waals surface area contributed by atoms with Crippen molar-refractivity contribution in [2.75, 3.05) is 13.2 Å². The molecule has 2 heterocycles. The first-order valence-corrected chi connectivity index (χ1v) is 7.65. The average molecular weight is 357 g/mol. The van der Waals surface area contributed by atoms with Crippen LogP contribution in [0.15, 0.2) is 35.2 Å². The van der Waals surface area contributed by atoms with Crippen LogP contribution in [0.25, 0.3) is 5.69 Å². The van der Waals surface area contributed by atoms with Crippen molar-refractivity contribution in [1.29, 1.82) is 0 Å². The van der Waals surface area contributed by atoms with Gasteiger partial charge in [-0.05, 0) is 40.5 Å². The average Bonchev–Trinajstić information content (AvgIpc) is 3.11. The molecule has 1 aromatic heterocycles. The first kappa shape index (κ1) is 14.1. The van der Waals surface area contributed by atoms with Gasteiger partial charge < -0.3 is 15.0 Å². The number of halogens is 2. The van der Waals surface area contributed by atoms with Crippen LogP contribution in [0.2, 0.25) is 5.02 Å². The number of imidazole rings is 1. The van der Waals surface area contributed by atoms with Crippen molar-refractivity contribution in [3.05, 3.63) is 45.9 Å². The maximum atomic E-state index is 6.37. The quantitative estimate of drug-likeness (QED) is 0.918. The number of nitrogens with zero attached hydrogens (tertiary/aromatic N) is 2. The van der Waals surface area contributed by atoms with Gasteiger partial charge in [0.25, 0.3) is 0 Å². The molecule has 4 nitrogen and oxygen atoms in total. The molecule has 3 rings (SSSR count). The Balaban J connectivity index is 1.94. The van der Waals surface area contributed by atoms with Crippen LogP contribution in [0, 0.1) is 5.92 Å². The molecule has 0 amide bonds. The molecule has 6 heteroatoms. The highest BCUT2D eigenvalue weighted by Gasteiger charge is 2.26. The highest BCUT2D eigenvalue weighted by molar-refractivity contribution is 9.10. The number of benzene rings is 1. The van der Waals surface area contributed by atoms with Crippen molar-refractivity contribution in [2.24, 2.45) is 11.7 Å². The van der Waals surface area contributed by atoms with Crippen molar-refractivity contribution in [3.63, 3.8) is 0 Å². The van der Waals surface area contributed by atoms with E-state index in [0.29, 0.717) is 17.5 Å². The van der Waals surface area contributed by atoms with Gasteiger partial charge in [0.15, 0.2) is 0 Å². The Labute approximate surface area is 131 Å². The molecule has 20 heavy (non-hydrogen) atoms. The second-order valence-corrected chi connectivity index (χ2v) is 6.20. The van der Waals surface area contributed by atoms with Gasteiger partial charge in [-0.15, -0.1) is 0 Å². The summed E-state index contributed by atoms with van der Waals surface area (Å²) >= 11 is 9.55. The molecule has 0 bridgehead atoms. The summed E-state index contributed by atoms with van der Waals surface area (Å²) in [4.78, 5) is 4.23. The number of nitrogens with two attached hydrogens (primary N) is 1. The van der Waals surface area contributed by atoms with E-state index in [1.165, 1.54) is 0 Å². The van der Waals surface area contributed by atoms with Crippen LogP contribution in [0.3, 0.4) is 0 Å². The molecule has 2 N–H and O–H groups in total. The summed E-state index contributed by atoms with van der Waals surface area (Å²) < 4.78 is 8.28. The molecule has 1 aliphatic rings. The topological polar surface area (TPSA) is 53.1 Å². The highest BCUT2D eigenvalue weighted by Crippen LogP contribution is 2.30. The number of rotatable bonds is 3. The minimum absolute atomic E-state index is 0.0811. The molecule has 106 valence electrons. The van der Waals surface area contributed by atoms with Gasteiger partial charge in [0.05, 0.1) is 35.9 Å². The molecular weight excluding hydrogens is 342 g/mol. The van der Waals surface area contributed by atoms with Crippen molar-refractivity contribution in [2.45, 2.75) is 12.5 Å². The summed E-state index contributed by atoms with van der Waals surface area (Å²) in [6.07, 6.45) is 4.58. The third-order valence-corrected chi connectivity index (χ3v) is 4.90. The van der Waals surface area contributed by atoms with E-state index in [0.717, 1.165) is 28.9 Å². The van der Waals surface area contributed by atoms with Crippen molar-refractivity contribution in [3.8, 4) is 5.69 Å². The Morgan fingerprint density at radius 3 is 3.05 bits per heavy atom. The van der Waals surface area contributed by atoms with Crippen molar-refractivity contribution >= 4 is 27.5 Å². The van der Waals surface area contributed by atoms with Gasteiger partial charge >= 0.3 is 0 Å². The zero-order valence-corrected chi connectivity index (χ0v) is 13.1. The molecule has 2 unspecified atom stereocenters. The highest BCUT2D eigenvalue weighted by atomic mass is 79.9. The monoisotopic (exact) mass is 355 g/mol. The minimum Gasteiger partial charge on any atom is -0.381 e. The zero-order valence-electron chi connectivity index (χ0n) is 10.8. The van der Waals surface area contributed by atoms with Crippen LogP contribution in [-0.4, -0.2) is 22.8 Å². The van der Waals surface area contributed by atoms with Gasteiger partial charge in [0, 0.05) is 22.7 Å². The fourth-order valence-corrected chi connectivity index (χ4v) is 2.90. The predicted molar refractivity (Wildman–Crippen MR) is 82.1 cm³/mol. The maximum absolute atomic E-state index is 6.37. The predicted octanol–water partition coefficient (Wildman–Crippen LogP) is 3.32. The first-order valence-electron chi connectivity index (χ1n) is 6.48. The standard InChI is InChI=1S/C14H15BrClN3O/c15-11-2-1-10(5-12(11)16)19-8-18-6-13(19)14(17)9-3-4-20-7-9/h1-2,5-6,8-9,14H,3-4,7,17H2. The molecule has 0 aliphatic carbocycles. The maximum Gasteiger partial charge on any atom is 0.0994 e. The summed E-state index contributed by atoms with van der Waals surface area (Å²) in [6, 6.07) is 5.72. The molecule has 1 aliphatic heterocycles. The van der Waals surface area contributed by atoms with Crippen LogP contribution in [0.5, 0.6) is 0 Å². The third-order valence-electron chi connectivity index (χ3n) is 3.66. The molecule has 1 aromatic carbocycles. The first-order chi connectivity index (χ1) is 9.66. The Morgan fingerprint density at radius 2 is 2.35 bits per heavy atom. The van der Waals surface area contributed by atoms with Gasteiger partial charge in [0.2, 0.25) is 0 Å². The lowest BCUT2D eigenvalue weighted by molar-refractivity contribution is 0.180. The summed E-state index contributed by atoms with van der Waals surface area (Å²) in [5.74, 6) is 0.344. The van der Waals surface area contributed by atoms with E-state index >= 15 is 0 Å². The number of ether oxygens (including phenoxy) is 1. The summed E-state index contributed by atoms with van der Waals surface area (Å²) in [5, 5.41) is 0.667.